The highest BCUT2D eigenvalue weighted by atomic mass is 16.5. The van der Waals surface area contributed by atoms with Gasteiger partial charge in [-0.05, 0) is 40.1 Å². The van der Waals surface area contributed by atoms with E-state index < -0.39 is 0 Å². The maximum Gasteiger partial charge on any atom is 0.213 e. The van der Waals surface area contributed by atoms with Gasteiger partial charge in [-0.1, -0.05) is 13.0 Å². The number of hydrogen-bond donors (Lipinski definition) is 1. The topological polar surface area (TPSA) is 37.4 Å². The molecule has 0 aliphatic rings. The van der Waals surface area contributed by atoms with Gasteiger partial charge in [0.2, 0.25) is 5.88 Å². The summed E-state index contributed by atoms with van der Waals surface area (Å²) >= 11 is 0. The van der Waals surface area contributed by atoms with Crippen molar-refractivity contribution in [3.8, 4) is 5.88 Å². The molecule has 0 amide bonds. The van der Waals surface area contributed by atoms with Gasteiger partial charge < -0.3 is 15.0 Å². The van der Waals surface area contributed by atoms with Gasteiger partial charge in [-0.25, -0.2) is 4.98 Å². The Labute approximate surface area is 110 Å². The summed E-state index contributed by atoms with van der Waals surface area (Å²) < 4.78 is 5.75. The van der Waals surface area contributed by atoms with Crippen molar-refractivity contribution in [3.05, 3.63) is 23.9 Å². The third-order valence-electron chi connectivity index (χ3n) is 2.71. The molecule has 0 saturated heterocycles. The summed E-state index contributed by atoms with van der Waals surface area (Å²) in [5.41, 5.74) is 1.18. The summed E-state index contributed by atoms with van der Waals surface area (Å²) in [4.78, 5) is 6.45. The molecule has 1 aromatic heterocycles. The van der Waals surface area contributed by atoms with E-state index in [4.69, 9.17) is 4.74 Å². The van der Waals surface area contributed by atoms with E-state index in [-0.39, 0.29) is 6.10 Å². The fourth-order valence-corrected chi connectivity index (χ4v) is 1.90. The number of hydrogen-bond acceptors (Lipinski definition) is 4. The number of likely N-dealkylation sites (N-methyl/N-ethyl adjacent to an activating group) is 1. The van der Waals surface area contributed by atoms with E-state index in [0.29, 0.717) is 11.9 Å². The fraction of sp³-hybridized carbons (Fsp3) is 0.643. The minimum Gasteiger partial charge on any atom is -0.473 e. The van der Waals surface area contributed by atoms with Crippen LogP contribution in [0.15, 0.2) is 18.3 Å². The smallest absolute Gasteiger partial charge is 0.213 e. The molecule has 0 fully saturated rings. The second kappa shape index (κ2) is 7.34. The van der Waals surface area contributed by atoms with Crippen molar-refractivity contribution < 1.29 is 4.74 Å². The minimum atomic E-state index is 0.143. The molecule has 0 spiro atoms. The maximum atomic E-state index is 5.75. The average molecular weight is 251 g/mol. The highest BCUT2D eigenvalue weighted by molar-refractivity contribution is 5.20. The van der Waals surface area contributed by atoms with E-state index in [9.17, 15) is 0 Å². The number of pyridine rings is 1. The molecule has 102 valence electrons. The Kier molecular flexibility index (Phi) is 6.09. The van der Waals surface area contributed by atoms with Crippen molar-refractivity contribution in [2.45, 2.75) is 32.9 Å². The predicted molar refractivity (Wildman–Crippen MR) is 75.0 cm³/mol. The second-order valence-corrected chi connectivity index (χ2v) is 4.90. The lowest BCUT2D eigenvalue weighted by molar-refractivity contribution is 0.170. The zero-order valence-corrected chi connectivity index (χ0v) is 12.1. The van der Waals surface area contributed by atoms with Crippen LogP contribution in [0.25, 0.3) is 0 Å². The first-order valence-corrected chi connectivity index (χ1v) is 6.53. The van der Waals surface area contributed by atoms with Crippen LogP contribution < -0.4 is 10.1 Å². The van der Waals surface area contributed by atoms with Crippen LogP contribution in [-0.2, 0) is 0 Å². The molecule has 0 saturated carbocycles. The van der Waals surface area contributed by atoms with Gasteiger partial charge in [0.1, 0.15) is 6.10 Å². The predicted octanol–water partition coefficient (Wildman–Crippen LogP) is 2.08. The molecule has 4 nitrogen and oxygen atoms in total. The number of nitrogens with one attached hydrogen (secondary N) is 1. The van der Waals surface area contributed by atoms with Gasteiger partial charge in [0.15, 0.2) is 0 Å². The number of nitrogens with zero attached hydrogens (tertiary/aromatic N) is 2. The molecule has 4 heteroatoms. The third-order valence-corrected chi connectivity index (χ3v) is 2.71. The molecule has 1 rings (SSSR count). The number of aromatic nitrogens is 1. The SMILES string of the molecule is CCNC(C)c1ccc(OC(C)CN(C)C)nc1. The molecular weight excluding hydrogens is 226 g/mol. The van der Waals surface area contributed by atoms with Crippen LogP contribution in [0.4, 0.5) is 0 Å². The Balaban J connectivity index is 2.54. The summed E-state index contributed by atoms with van der Waals surface area (Å²) in [5.74, 6) is 0.691. The van der Waals surface area contributed by atoms with Crippen molar-refractivity contribution in [1.82, 2.24) is 15.2 Å². The molecule has 1 aromatic rings. The molecule has 2 unspecified atom stereocenters. The van der Waals surface area contributed by atoms with E-state index in [1.54, 1.807) is 0 Å². The molecule has 1 heterocycles. The van der Waals surface area contributed by atoms with E-state index in [1.807, 2.05) is 26.4 Å². The van der Waals surface area contributed by atoms with Crippen molar-refractivity contribution in [2.75, 3.05) is 27.2 Å². The Morgan fingerprint density at radius 3 is 2.56 bits per heavy atom. The van der Waals surface area contributed by atoms with Gasteiger partial charge in [-0.3, -0.25) is 0 Å². The number of rotatable bonds is 7. The van der Waals surface area contributed by atoms with Gasteiger partial charge in [-0.15, -0.1) is 0 Å². The second-order valence-electron chi connectivity index (χ2n) is 4.90. The van der Waals surface area contributed by atoms with Gasteiger partial charge in [0.05, 0.1) is 0 Å². The van der Waals surface area contributed by atoms with Crippen molar-refractivity contribution >= 4 is 0 Å². The third kappa shape index (κ3) is 5.02. The van der Waals surface area contributed by atoms with E-state index in [1.165, 1.54) is 5.56 Å². The van der Waals surface area contributed by atoms with Crippen LogP contribution in [-0.4, -0.2) is 43.2 Å². The Bertz CT molecular complexity index is 337. The largest absolute Gasteiger partial charge is 0.473 e. The van der Waals surface area contributed by atoms with Crippen LogP contribution >= 0.6 is 0 Å². The molecule has 0 radical (unpaired) electrons. The molecule has 0 aromatic carbocycles. The van der Waals surface area contributed by atoms with Gasteiger partial charge >= 0.3 is 0 Å². The van der Waals surface area contributed by atoms with Crippen LogP contribution in [0, 0.1) is 0 Å². The van der Waals surface area contributed by atoms with Crippen LogP contribution in [0.5, 0.6) is 5.88 Å². The normalized spacial score (nSPS) is 14.6. The zero-order valence-electron chi connectivity index (χ0n) is 12.1. The van der Waals surface area contributed by atoms with Crippen molar-refractivity contribution in [1.29, 1.82) is 0 Å². The lowest BCUT2D eigenvalue weighted by Crippen LogP contribution is -2.28. The van der Waals surface area contributed by atoms with Gasteiger partial charge in [0, 0.05) is 24.8 Å². The molecule has 18 heavy (non-hydrogen) atoms. The molecule has 1 N–H and O–H groups in total. The molecule has 0 bridgehead atoms. The molecular formula is C14H25N3O. The van der Waals surface area contributed by atoms with E-state index >= 15 is 0 Å². The van der Waals surface area contributed by atoms with Crippen LogP contribution in [0.1, 0.15) is 32.4 Å². The average Bonchev–Trinajstić information content (AvgIpc) is 2.29. The first-order valence-electron chi connectivity index (χ1n) is 6.53. The highest BCUT2D eigenvalue weighted by Crippen LogP contribution is 2.15. The van der Waals surface area contributed by atoms with E-state index in [0.717, 1.165) is 13.1 Å². The Morgan fingerprint density at radius 1 is 1.33 bits per heavy atom. The zero-order chi connectivity index (χ0) is 13.5. The van der Waals surface area contributed by atoms with Crippen molar-refractivity contribution in [2.24, 2.45) is 0 Å². The first kappa shape index (κ1) is 14.9. The van der Waals surface area contributed by atoms with E-state index in [2.05, 4.69) is 42.0 Å². The minimum absolute atomic E-state index is 0.143. The Hall–Kier alpha value is -1.13. The Morgan fingerprint density at radius 2 is 2.06 bits per heavy atom. The fourth-order valence-electron chi connectivity index (χ4n) is 1.90. The highest BCUT2D eigenvalue weighted by Gasteiger charge is 2.08. The van der Waals surface area contributed by atoms with Gasteiger partial charge in [0.25, 0.3) is 0 Å². The van der Waals surface area contributed by atoms with Crippen LogP contribution in [0.3, 0.4) is 0 Å². The molecule has 0 aliphatic carbocycles. The lowest BCUT2D eigenvalue weighted by Gasteiger charge is -2.18. The summed E-state index contributed by atoms with van der Waals surface area (Å²) in [5, 5.41) is 3.36. The summed E-state index contributed by atoms with van der Waals surface area (Å²) in [6.45, 7) is 8.13. The van der Waals surface area contributed by atoms with Gasteiger partial charge in [-0.2, -0.15) is 0 Å². The summed E-state index contributed by atoms with van der Waals surface area (Å²) in [6.07, 6.45) is 2.02. The monoisotopic (exact) mass is 251 g/mol. The van der Waals surface area contributed by atoms with Crippen molar-refractivity contribution in [3.63, 3.8) is 0 Å². The summed E-state index contributed by atoms with van der Waals surface area (Å²) in [7, 11) is 4.07. The standard InChI is InChI=1S/C14H25N3O/c1-6-15-12(3)13-7-8-14(16-9-13)18-11(2)10-17(4)5/h7-9,11-12,15H,6,10H2,1-5H3. The quantitative estimate of drug-likeness (QED) is 0.805. The summed E-state index contributed by atoms with van der Waals surface area (Å²) in [6, 6.07) is 4.34. The maximum absolute atomic E-state index is 5.75. The molecule has 0 aliphatic heterocycles. The first-order chi connectivity index (χ1) is 8.52. The molecule has 2 atom stereocenters. The lowest BCUT2D eigenvalue weighted by atomic mass is 10.1. The number of ether oxygens (including phenoxy) is 1. The van der Waals surface area contributed by atoms with Crippen LogP contribution in [0.2, 0.25) is 0 Å².